The lowest BCUT2D eigenvalue weighted by molar-refractivity contribution is -0.292. The predicted molar refractivity (Wildman–Crippen MR) is 69.9 cm³/mol. The summed E-state index contributed by atoms with van der Waals surface area (Å²) in [7, 11) is 0. The second-order valence-electron chi connectivity index (χ2n) is 4.81. The molecule has 136 valence electrons. The highest BCUT2D eigenvalue weighted by molar-refractivity contribution is 5.75. The minimum Gasteiger partial charge on any atom is -0.480 e. The van der Waals surface area contributed by atoms with Crippen LogP contribution in [0.25, 0.3) is 0 Å². The lowest BCUT2D eigenvalue weighted by atomic mass is 9.89. The van der Waals surface area contributed by atoms with Crippen LogP contribution in [-0.2, 0) is 14.3 Å². The molecule has 12 heteroatoms. The van der Waals surface area contributed by atoms with Gasteiger partial charge in [-0.15, -0.1) is 0 Å². The fourth-order valence-electron chi connectivity index (χ4n) is 1.75. The molecule has 0 saturated carbocycles. The second kappa shape index (κ2) is 9.05. The molecular weight excluding hydrogens is 322 g/mol. The summed E-state index contributed by atoms with van der Waals surface area (Å²) in [6.07, 6.45) is -7.01. The maximum atomic E-state index is 10.8. The molecule has 0 radical (unpaired) electrons. The van der Waals surface area contributed by atoms with Gasteiger partial charge in [0.2, 0.25) is 0 Å². The van der Waals surface area contributed by atoms with Gasteiger partial charge >= 0.3 is 11.9 Å². The summed E-state index contributed by atoms with van der Waals surface area (Å²) >= 11 is 0. The Labute approximate surface area is 130 Å². The molecule has 12 nitrogen and oxygen atoms in total. The van der Waals surface area contributed by atoms with Crippen LogP contribution in [0.1, 0.15) is 6.42 Å². The standard InChI is InChI=1S/C9H17NO8.C2H4O3/c10-5-3(12)1-9(17,8(15)16)18-7(5)6(14)4(13)2-11;3-1-2(4)5/h3-7,11-14,17H,1-2,10H2,(H,15,16);3H,1H2,(H,4,5)/t3-,4?,5+,6?,7+,9?;/m0./s1. The van der Waals surface area contributed by atoms with Crippen LogP contribution < -0.4 is 5.73 Å². The Morgan fingerprint density at radius 3 is 2.09 bits per heavy atom. The monoisotopic (exact) mass is 343 g/mol. The molecule has 1 heterocycles. The number of carboxylic acid groups (broad SMARTS) is 2. The molecule has 0 bridgehead atoms. The predicted octanol–water partition coefficient (Wildman–Crippen LogP) is -4.99. The maximum absolute atomic E-state index is 10.8. The van der Waals surface area contributed by atoms with Gasteiger partial charge in [0.25, 0.3) is 5.79 Å². The zero-order valence-corrected chi connectivity index (χ0v) is 11.9. The third-order valence-corrected chi connectivity index (χ3v) is 3.03. The van der Waals surface area contributed by atoms with Gasteiger partial charge in [-0.05, 0) is 0 Å². The van der Waals surface area contributed by atoms with E-state index in [0.29, 0.717) is 0 Å². The van der Waals surface area contributed by atoms with E-state index < -0.39 is 67.8 Å². The van der Waals surface area contributed by atoms with Crippen molar-refractivity contribution in [1.29, 1.82) is 0 Å². The molecule has 0 amide bonds. The van der Waals surface area contributed by atoms with Crippen LogP contribution >= 0.6 is 0 Å². The molecule has 0 aromatic rings. The van der Waals surface area contributed by atoms with Crippen LogP contribution in [0, 0.1) is 0 Å². The van der Waals surface area contributed by atoms with Crippen LogP contribution in [0.15, 0.2) is 0 Å². The van der Waals surface area contributed by atoms with E-state index in [1.807, 2.05) is 0 Å². The lowest BCUT2D eigenvalue weighted by Crippen LogP contribution is -2.65. The van der Waals surface area contributed by atoms with Gasteiger partial charge in [0, 0.05) is 6.42 Å². The molecule has 0 spiro atoms. The summed E-state index contributed by atoms with van der Waals surface area (Å²) in [5.74, 6) is -5.63. The first-order valence-electron chi connectivity index (χ1n) is 6.37. The van der Waals surface area contributed by atoms with Gasteiger partial charge in [-0.1, -0.05) is 0 Å². The van der Waals surface area contributed by atoms with Gasteiger partial charge in [-0.2, -0.15) is 0 Å². The molecule has 23 heavy (non-hydrogen) atoms. The number of hydrogen-bond donors (Lipinski definition) is 9. The van der Waals surface area contributed by atoms with Crippen LogP contribution in [0.4, 0.5) is 0 Å². The van der Waals surface area contributed by atoms with E-state index in [9.17, 15) is 25.2 Å². The van der Waals surface area contributed by atoms with Gasteiger partial charge in [-0.3, -0.25) is 0 Å². The quantitative estimate of drug-likeness (QED) is 0.228. The van der Waals surface area contributed by atoms with Crippen molar-refractivity contribution in [2.24, 2.45) is 5.73 Å². The van der Waals surface area contributed by atoms with E-state index in [2.05, 4.69) is 0 Å². The SMILES string of the molecule is N[C@@H]1[C@@H](O)CC(O)(C(=O)O)O[C@H]1C(O)C(O)CO.O=C(O)CO. The number of rotatable bonds is 5. The van der Waals surface area contributed by atoms with Crippen molar-refractivity contribution in [2.75, 3.05) is 13.2 Å². The molecule has 1 aliphatic rings. The molecule has 1 aliphatic heterocycles. The van der Waals surface area contributed by atoms with Crippen molar-refractivity contribution in [3.05, 3.63) is 0 Å². The Morgan fingerprint density at radius 2 is 1.74 bits per heavy atom. The summed E-state index contributed by atoms with van der Waals surface area (Å²) in [5.41, 5.74) is 5.51. The summed E-state index contributed by atoms with van der Waals surface area (Å²) < 4.78 is 4.75. The number of nitrogens with two attached hydrogens (primary N) is 1. The smallest absolute Gasteiger partial charge is 0.364 e. The first-order valence-corrected chi connectivity index (χ1v) is 6.37. The Kier molecular flexibility index (Phi) is 8.50. The third kappa shape index (κ3) is 5.96. The molecule has 6 atom stereocenters. The van der Waals surface area contributed by atoms with Crippen LogP contribution in [-0.4, -0.2) is 102 Å². The van der Waals surface area contributed by atoms with Crippen LogP contribution in [0.3, 0.4) is 0 Å². The Balaban J connectivity index is 0.000000841. The third-order valence-electron chi connectivity index (χ3n) is 3.03. The average Bonchev–Trinajstić information content (AvgIpc) is 2.49. The Morgan fingerprint density at radius 1 is 1.26 bits per heavy atom. The van der Waals surface area contributed by atoms with Crippen molar-refractivity contribution in [3.63, 3.8) is 0 Å². The lowest BCUT2D eigenvalue weighted by Gasteiger charge is -2.43. The van der Waals surface area contributed by atoms with Gasteiger partial charge in [0.1, 0.15) is 24.9 Å². The fraction of sp³-hybridized carbons (Fsp3) is 0.818. The highest BCUT2D eigenvalue weighted by atomic mass is 16.7. The number of aliphatic hydroxyl groups excluding tert-OH is 5. The molecule has 0 aromatic carbocycles. The maximum Gasteiger partial charge on any atom is 0.364 e. The number of carbonyl (C=O) groups is 2. The molecule has 10 N–H and O–H groups in total. The van der Waals surface area contributed by atoms with Gasteiger partial charge in [0.15, 0.2) is 0 Å². The van der Waals surface area contributed by atoms with E-state index in [0.717, 1.165) is 0 Å². The molecule has 0 aliphatic carbocycles. The zero-order chi connectivity index (χ0) is 18.4. The largest absolute Gasteiger partial charge is 0.480 e. The highest BCUT2D eigenvalue weighted by Gasteiger charge is 2.52. The summed E-state index contributed by atoms with van der Waals surface area (Å²) in [6, 6.07) is -1.21. The number of aliphatic hydroxyl groups is 6. The van der Waals surface area contributed by atoms with Crippen LogP contribution in [0.2, 0.25) is 0 Å². The van der Waals surface area contributed by atoms with Gasteiger partial charge < -0.3 is 51.3 Å². The topological polar surface area (TPSA) is 231 Å². The second-order valence-corrected chi connectivity index (χ2v) is 4.81. The number of ether oxygens (including phenoxy) is 1. The Bertz CT molecular complexity index is 405. The minimum atomic E-state index is -2.70. The normalized spacial score (nSPS) is 33.1. The van der Waals surface area contributed by atoms with Crippen molar-refractivity contribution < 1.29 is 55.2 Å². The van der Waals surface area contributed by atoms with E-state index in [1.165, 1.54) is 0 Å². The highest BCUT2D eigenvalue weighted by Crippen LogP contribution is 2.29. The fourth-order valence-corrected chi connectivity index (χ4v) is 1.75. The van der Waals surface area contributed by atoms with Gasteiger partial charge in [0.05, 0.1) is 18.8 Å². The minimum absolute atomic E-state index is 0.665. The number of hydrogen-bond acceptors (Lipinski definition) is 10. The number of aliphatic carboxylic acids is 2. The molecule has 3 unspecified atom stereocenters. The summed E-state index contributed by atoms with van der Waals surface area (Å²) in [5, 5.41) is 70.5. The van der Waals surface area contributed by atoms with Crippen molar-refractivity contribution in [1.82, 2.24) is 0 Å². The van der Waals surface area contributed by atoms with E-state index in [1.54, 1.807) is 0 Å². The molecule has 1 fully saturated rings. The first-order chi connectivity index (χ1) is 10.5. The zero-order valence-electron chi connectivity index (χ0n) is 11.9. The van der Waals surface area contributed by atoms with E-state index in [4.69, 9.17) is 35.7 Å². The molecule has 1 saturated heterocycles. The van der Waals surface area contributed by atoms with E-state index >= 15 is 0 Å². The van der Waals surface area contributed by atoms with Crippen molar-refractivity contribution >= 4 is 11.9 Å². The number of carboxylic acids is 2. The first kappa shape index (κ1) is 21.6. The van der Waals surface area contributed by atoms with E-state index in [-0.39, 0.29) is 0 Å². The molecule has 0 aromatic heterocycles. The average molecular weight is 343 g/mol. The van der Waals surface area contributed by atoms with Crippen LogP contribution in [0.5, 0.6) is 0 Å². The van der Waals surface area contributed by atoms with Crippen molar-refractivity contribution in [2.45, 2.75) is 42.7 Å². The van der Waals surface area contributed by atoms with Crippen molar-refractivity contribution in [3.8, 4) is 0 Å². The molecular formula is C11H21NO11. The summed E-state index contributed by atoms with van der Waals surface area (Å²) in [4.78, 5) is 19.9. The Hall–Kier alpha value is -1.38. The molecule has 1 rings (SSSR count). The van der Waals surface area contributed by atoms with Gasteiger partial charge in [-0.25, -0.2) is 9.59 Å². The summed E-state index contributed by atoms with van der Waals surface area (Å²) in [6.45, 7) is -1.59.